The minimum absolute atomic E-state index is 0.0163. The molecule has 0 radical (unpaired) electrons. The van der Waals surface area contributed by atoms with Crippen molar-refractivity contribution in [2.75, 3.05) is 17.2 Å². The Morgan fingerprint density at radius 3 is 2.58 bits per heavy atom. The van der Waals surface area contributed by atoms with Gasteiger partial charge in [-0.3, -0.25) is 9.59 Å². The predicted molar refractivity (Wildman–Crippen MR) is 135 cm³/mol. The van der Waals surface area contributed by atoms with Crippen molar-refractivity contribution in [1.82, 2.24) is 10.1 Å². The van der Waals surface area contributed by atoms with Crippen molar-refractivity contribution in [3.63, 3.8) is 0 Å². The van der Waals surface area contributed by atoms with Gasteiger partial charge in [0.05, 0.1) is 18.9 Å². The van der Waals surface area contributed by atoms with Gasteiger partial charge in [0, 0.05) is 30.4 Å². The Morgan fingerprint density at radius 2 is 1.86 bits per heavy atom. The maximum atomic E-state index is 13.2. The average molecular weight is 491 g/mol. The zero-order valence-electron chi connectivity index (χ0n) is 20.4. The van der Waals surface area contributed by atoms with E-state index in [4.69, 9.17) is 9.63 Å². The molecule has 2 heterocycles. The van der Waals surface area contributed by atoms with Crippen LogP contribution in [0.4, 0.5) is 16.2 Å². The molecule has 1 aliphatic rings. The zero-order chi connectivity index (χ0) is 25.7. The molecule has 0 saturated carbocycles. The maximum Gasteiger partial charge on any atom is 0.323 e. The number of aromatic nitrogens is 1. The summed E-state index contributed by atoms with van der Waals surface area (Å²) in [5.41, 5.74) is 3.84. The van der Waals surface area contributed by atoms with E-state index in [9.17, 15) is 14.4 Å². The number of carboxylic acid groups (broad SMARTS) is 1. The summed E-state index contributed by atoms with van der Waals surface area (Å²) >= 11 is 0. The Bertz CT molecular complexity index is 1240. The molecular formula is C27H30N4O5. The molecule has 1 aliphatic heterocycles. The van der Waals surface area contributed by atoms with Gasteiger partial charge < -0.3 is 25.2 Å². The molecule has 1 aromatic heterocycles. The van der Waals surface area contributed by atoms with E-state index in [-0.39, 0.29) is 43.2 Å². The molecule has 1 saturated heterocycles. The van der Waals surface area contributed by atoms with Crippen LogP contribution in [-0.4, -0.2) is 39.6 Å². The fourth-order valence-electron chi connectivity index (χ4n) is 4.47. The number of carboxylic acids is 1. The highest BCUT2D eigenvalue weighted by molar-refractivity contribution is 6.00. The lowest BCUT2D eigenvalue weighted by Crippen LogP contribution is -2.33. The molecular weight excluding hydrogens is 460 g/mol. The first-order valence-electron chi connectivity index (χ1n) is 12.0. The van der Waals surface area contributed by atoms with Gasteiger partial charge in [0.15, 0.2) is 0 Å². The van der Waals surface area contributed by atoms with E-state index in [0.29, 0.717) is 23.7 Å². The molecule has 36 heavy (non-hydrogen) atoms. The monoisotopic (exact) mass is 490 g/mol. The molecule has 0 aliphatic carbocycles. The summed E-state index contributed by atoms with van der Waals surface area (Å²) in [5, 5.41) is 18.6. The number of nitrogens with one attached hydrogen (secondary N) is 2. The summed E-state index contributed by atoms with van der Waals surface area (Å²) in [7, 11) is 0. The van der Waals surface area contributed by atoms with Crippen molar-refractivity contribution in [2.24, 2.45) is 5.92 Å². The highest BCUT2D eigenvalue weighted by Crippen LogP contribution is 2.37. The number of rotatable bonds is 8. The molecule has 3 aromatic rings. The van der Waals surface area contributed by atoms with Crippen LogP contribution in [0.1, 0.15) is 48.4 Å². The van der Waals surface area contributed by atoms with Gasteiger partial charge in [0.2, 0.25) is 5.91 Å². The van der Waals surface area contributed by atoms with Gasteiger partial charge in [-0.1, -0.05) is 42.4 Å². The van der Waals surface area contributed by atoms with E-state index in [1.807, 2.05) is 48.2 Å². The second-order valence-corrected chi connectivity index (χ2v) is 9.18. The Hall–Kier alpha value is -4.14. The Balaban J connectivity index is 1.35. The highest BCUT2D eigenvalue weighted by Gasteiger charge is 2.37. The fourth-order valence-corrected chi connectivity index (χ4v) is 4.47. The average Bonchev–Trinajstić information content (AvgIpc) is 3.46. The Morgan fingerprint density at radius 1 is 1.11 bits per heavy atom. The van der Waals surface area contributed by atoms with Crippen molar-refractivity contribution in [3.8, 4) is 0 Å². The first kappa shape index (κ1) is 25.0. The molecule has 0 bridgehead atoms. The largest absolute Gasteiger partial charge is 0.481 e. The summed E-state index contributed by atoms with van der Waals surface area (Å²) in [4.78, 5) is 38.1. The van der Waals surface area contributed by atoms with Gasteiger partial charge in [0.25, 0.3) is 0 Å². The second-order valence-electron chi connectivity index (χ2n) is 9.18. The van der Waals surface area contributed by atoms with Crippen molar-refractivity contribution < 1.29 is 24.0 Å². The highest BCUT2D eigenvalue weighted by atomic mass is 16.5. The number of amides is 3. The Labute approximate surface area is 209 Å². The number of anilines is 2. The van der Waals surface area contributed by atoms with Crippen molar-refractivity contribution >= 4 is 29.3 Å². The summed E-state index contributed by atoms with van der Waals surface area (Å²) < 4.78 is 5.32. The molecule has 1 fully saturated rings. The summed E-state index contributed by atoms with van der Waals surface area (Å²) in [6, 6.07) is 16.0. The summed E-state index contributed by atoms with van der Waals surface area (Å²) in [6.07, 6.45) is 1.31. The maximum absolute atomic E-state index is 13.2. The van der Waals surface area contributed by atoms with Gasteiger partial charge in [0.1, 0.15) is 11.5 Å². The number of hydrogen-bond acceptors (Lipinski definition) is 5. The molecule has 2 atom stereocenters. The SMILES string of the molecule is Cc1ccccc1NC(=O)Nc1ccc(CC(=O)N2CCC(C)C2c2cc(CCC(=O)O)on2)cc1. The normalized spacial score (nSPS) is 17.1. The van der Waals surface area contributed by atoms with Crippen molar-refractivity contribution in [1.29, 1.82) is 0 Å². The molecule has 9 heteroatoms. The van der Waals surface area contributed by atoms with Crippen LogP contribution in [0.2, 0.25) is 0 Å². The van der Waals surface area contributed by atoms with Crippen molar-refractivity contribution in [2.45, 2.75) is 45.6 Å². The van der Waals surface area contributed by atoms with Gasteiger partial charge >= 0.3 is 12.0 Å². The standard InChI is InChI=1S/C27H30N4O5/c1-17-5-3-4-6-22(17)29-27(35)28-20-9-7-19(8-10-20)15-24(32)31-14-13-18(2)26(31)23-16-21(36-30-23)11-12-25(33)34/h3-10,16,18,26H,11-15H2,1-2H3,(H,33,34)(H2,28,29,35). The lowest BCUT2D eigenvalue weighted by Gasteiger charge is -2.25. The van der Waals surface area contributed by atoms with Crippen molar-refractivity contribution in [3.05, 3.63) is 77.2 Å². The molecule has 3 amide bonds. The van der Waals surface area contributed by atoms with E-state index in [2.05, 4.69) is 22.7 Å². The van der Waals surface area contributed by atoms with Crippen LogP contribution in [0, 0.1) is 12.8 Å². The number of aliphatic carboxylic acids is 1. The number of aryl methyl sites for hydroxylation is 2. The van der Waals surface area contributed by atoms with Crippen LogP contribution in [0.25, 0.3) is 0 Å². The van der Waals surface area contributed by atoms with Gasteiger partial charge in [-0.05, 0) is 48.6 Å². The van der Waals surface area contributed by atoms with Gasteiger partial charge in [-0.25, -0.2) is 4.79 Å². The van der Waals surface area contributed by atoms with Gasteiger partial charge in [-0.2, -0.15) is 0 Å². The lowest BCUT2D eigenvalue weighted by molar-refractivity contribution is -0.137. The first-order chi connectivity index (χ1) is 17.3. The van der Waals surface area contributed by atoms with Crippen LogP contribution in [0.5, 0.6) is 0 Å². The van der Waals surface area contributed by atoms with Crippen LogP contribution in [0.15, 0.2) is 59.1 Å². The number of carbonyl (C=O) groups is 3. The minimum Gasteiger partial charge on any atom is -0.481 e. The molecule has 188 valence electrons. The third kappa shape index (κ3) is 6.10. The number of likely N-dealkylation sites (tertiary alicyclic amines) is 1. The molecule has 2 aromatic carbocycles. The Kier molecular flexibility index (Phi) is 7.68. The van der Waals surface area contributed by atoms with E-state index in [1.54, 1.807) is 18.2 Å². The topological polar surface area (TPSA) is 125 Å². The number of urea groups is 1. The first-order valence-corrected chi connectivity index (χ1v) is 12.0. The predicted octanol–water partition coefficient (Wildman–Crippen LogP) is 4.80. The molecule has 0 spiro atoms. The van der Waals surface area contributed by atoms with E-state index in [1.165, 1.54) is 0 Å². The molecule has 3 N–H and O–H groups in total. The summed E-state index contributed by atoms with van der Waals surface area (Å²) in [6.45, 7) is 4.63. The number of nitrogens with zero attached hydrogens (tertiary/aromatic N) is 2. The molecule has 9 nitrogen and oxygen atoms in total. The van der Waals surface area contributed by atoms with E-state index >= 15 is 0 Å². The van der Waals surface area contributed by atoms with Crippen LogP contribution in [-0.2, 0) is 22.4 Å². The minimum atomic E-state index is -0.896. The zero-order valence-corrected chi connectivity index (χ0v) is 20.4. The third-order valence-electron chi connectivity index (χ3n) is 6.45. The number of benzene rings is 2. The van der Waals surface area contributed by atoms with Crippen LogP contribution < -0.4 is 10.6 Å². The second kappa shape index (κ2) is 11.1. The molecule has 4 rings (SSSR count). The molecule has 2 unspecified atom stereocenters. The van der Waals surface area contributed by atoms with E-state index in [0.717, 1.165) is 23.2 Å². The number of para-hydroxylation sites is 1. The van der Waals surface area contributed by atoms with Crippen LogP contribution >= 0.6 is 0 Å². The quantitative estimate of drug-likeness (QED) is 0.417. The lowest BCUT2D eigenvalue weighted by atomic mass is 9.99. The summed E-state index contributed by atoms with van der Waals surface area (Å²) in [5.74, 6) is -0.192. The van der Waals surface area contributed by atoms with Crippen LogP contribution in [0.3, 0.4) is 0 Å². The third-order valence-corrected chi connectivity index (χ3v) is 6.45. The number of hydrogen-bond donors (Lipinski definition) is 3. The fraction of sp³-hybridized carbons (Fsp3) is 0.333. The van der Waals surface area contributed by atoms with Gasteiger partial charge in [-0.15, -0.1) is 0 Å². The number of carbonyl (C=O) groups excluding carboxylic acids is 2. The smallest absolute Gasteiger partial charge is 0.323 e. The van der Waals surface area contributed by atoms with E-state index < -0.39 is 5.97 Å².